The van der Waals surface area contributed by atoms with Crippen molar-refractivity contribution < 1.29 is 82.1 Å². The quantitative estimate of drug-likeness (QED) is 0.0164. The standard InChI is InChI=1S/C65H112N20O17/c1-9-36(8)53(64(102)81-44(29-33(2)3)60(98)77-40(54(71)92)22-24-47(69)87)85-58(96)42(17-11-13-27-67)78-57(95)41(16-10-12-26-66)76-49(89)32-75-56(94)46(31-48(70)88)82-63(101)52(35(6)7)83-59(97)43(23-25-50(90)91)79-62(100)51(34(4)5)84-61(99)45(30-37-18-20-38(86)21-19-37)80-55(93)39(68)15-14-28-74-65(72)73/h18-21,33-36,39-46,51-53,86H,9-17,22-32,66-68H2,1-8H3,(H2,69,87)(H2,70,88)(H2,71,92)(H,75,94)(H,76,89)(H,77,98)(H,78,95)(H,79,100)(H,80,93)(H,81,102)(H,82,101)(H,83,97)(H,84,99)(H,85,96)(H,90,91)(H4,72,73,74)/t36-,39-,40-,41-,42-,43-,44-,45-,46-,51-,52-,53-/m0/s1. The molecule has 1 aromatic rings. The highest BCUT2D eigenvalue weighted by Crippen LogP contribution is 2.17. The lowest BCUT2D eigenvalue weighted by molar-refractivity contribution is -0.139. The lowest BCUT2D eigenvalue weighted by atomic mass is 9.96. The Labute approximate surface area is 594 Å². The second kappa shape index (κ2) is 47.4. The van der Waals surface area contributed by atoms with Gasteiger partial charge in [-0.2, -0.15) is 0 Å². The summed E-state index contributed by atoms with van der Waals surface area (Å²) in [7, 11) is 0. The molecule has 0 saturated carbocycles. The Morgan fingerprint density at radius 1 is 0.461 bits per heavy atom. The molecule has 102 heavy (non-hydrogen) atoms. The van der Waals surface area contributed by atoms with Crippen molar-refractivity contribution in [3.63, 3.8) is 0 Å². The third-order valence-electron chi connectivity index (χ3n) is 16.2. The van der Waals surface area contributed by atoms with E-state index < -0.39 is 199 Å². The van der Waals surface area contributed by atoms with Crippen LogP contribution in [0.4, 0.5) is 0 Å². The van der Waals surface area contributed by atoms with Gasteiger partial charge in [-0.05, 0) is 125 Å². The smallest absolute Gasteiger partial charge is 0.303 e. The number of nitrogens with two attached hydrogens (primary N) is 8. The number of benzene rings is 1. The molecule has 574 valence electrons. The van der Waals surface area contributed by atoms with Crippen LogP contribution in [0.1, 0.15) is 157 Å². The number of aliphatic carboxylic acids is 1. The molecule has 37 nitrogen and oxygen atoms in total. The van der Waals surface area contributed by atoms with Crippen molar-refractivity contribution >= 4 is 94.6 Å². The molecule has 0 saturated heterocycles. The molecular weight excluding hydrogens is 1330 g/mol. The van der Waals surface area contributed by atoms with Crippen molar-refractivity contribution in [3.05, 3.63) is 29.8 Å². The Balaban J connectivity index is 3.47. The lowest BCUT2D eigenvalue weighted by Crippen LogP contribution is -2.61. The summed E-state index contributed by atoms with van der Waals surface area (Å²) in [6, 6.07) is -9.85. The van der Waals surface area contributed by atoms with Crippen LogP contribution in [0.25, 0.3) is 0 Å². The number of nitrogens with zero attached hydrogens (tertiary/aromatic N) is 1. The van der Waals surface area contributed by atoms with Crippen LogP contribution in [0, 0.1) is 23.7 Å². The number of hydrogen-bond donors (Lipinski definition) is 21. The summed E-state index contributed by atoms with van der Waals surface area (Å²) >= 11 is 0. The number of carbonyl (C=O) groups is 15. The number of aliphatic imine (C=N–C) groups is 1. The molecule has 0 spiro atoms. The van der Waals surface area contributed by atoms with Gasteiger partial charge in [-0.25, -0.2) is 0 Å². The number of nitrogens with one attached hydrogen (secondary N) is 11. The molecule has 0 radical (unpaired) electrons. The van der Waals surface area contributed by atoms with Crippen molar-refractivity contribution in [2.75, 3.05) is 26.2 Å². The number of carboxylic acid groups (broad SMARTS) is 1. The predicted octanol–water partition coefficient (Wildman–Crippen LogP) is -5.57. The Bertz CT molecular complexity index is 3000. The Morgan fingerprint density at radius 3 is 1.38 bits per heavy atom. The van der Waals surface area contributed by atoms with Crippen LogP contribution in [0.3, 0.4) is 0 Å². The maximum atomic E-state index is 14.3. The number of guanidine groups is 1. The number of unbranched alkanes of at least 4 members (excludes halogenated alkanes) is 2. The molecule has 37 heteroatoms. The molecule has 0 heterocycles. The first-order chi connectivity index (χ1) is 47.8. The van der Waals surface area contributed by atoms with Gasteiger partial charge in [0.2, 0.25) is 82.7 Å². The third-order valence-corrected chi connectivity index (χ3v) is 16.2. The molecule has 0 aliphatic rings. The monoisotopic (exact) mass is 1440 g/mol. The van der Waals surface area contributed by atoms with E-state index in [2.05, 4.69) is 63.5 Å². The highest BCUT2D eigenvalue weighted by Gasteiger charge is 2.38. The normalized spacial score (nSPS) is 14.7. The molecule has 0 aliphatic heterocycles. The van der Waals surface area contributed by atoms with Gasteiger partial charge in [0.1, 0.15) is 66.2 Å². The molecule has 14 amide bonds. The maximum absolute atomic E-state index is 14.3. The van der Waals surface area contributed by atoms with Crippen molar-refractivity contribution in [2.24, 2.45) is 74.5 Å². The van der Waals surface area contributed by atoms with Crippen molar-refractivity contribution in [2.45, 2.75) is 225 Å². The number of aromatic hydroxyl groups is 1. The van der Waals surface area contributed by atoms with E-state index in [1.807, 2.05) is 0 Å². The fraction of sp³-hybridized carbons (Fsp3) is 0.662. The summed E-state index contributed by atoms with van der Waals surface area (Å²) < 4.78 is 0. The largest absolute Gasteiger partial charge is 0.508 e. The zero-order valence-corrected chi connectivity index (χ0v) is 59.7. The summed E-state index contributed by atoms with van der Waals surface area (Å²) in [6.07, 6.45) is -0.558. The average molecular weight is 1450 g/mol. The summed E-state index contributed by atoms with van der Waals surface area (Å²) in [5.41, 5.74) is 45.1. The summed E-state index contributed by atoms with van der Waals surface area (Å²) in [5, 5.41) is 47.3. The van der Waals surface area contributed by atoms with Crippen LogP contribution in [-0.4, -0.2) is 197 Å². The Kier molecular flexibility index (Phi) is 41.9. The number of carbonyl (C=O) groups excluding carboxylic acids is 14. The third kappa shape index (κ3) is 35.5. The van der Waals surface area contributed by atoms with Gasteiger partial charge in [-0.15, -0.1) is 0 Å². The molecule has 0 unspecified atom stereocenters. The second-order valence-electron chi connectivity index (χ2n) is 26.2. The van der Waals surface area contributed by atoms with Crippen LogP contribution in [0.5, 0.6) is 5.75 Å². The highest BCUT2D eigenvalue weighted by molar-refractivity contribution is 6.00. The van der Waals surface area contributed by atoms with Crippen LogP contribution in [0.2, 0.25) is 0 Å². The first kappa shape index (κ1) is 90.2. The van der Waals surface area contributed by atoms with E-state index in [0.717, 1.165) is 0 Å². The van der Waals surface area contributed by atoms with E-state index in [4.69, 9.17) is 45.9 Å². The first-order valence-electron chi connectivity index (χ1n) is 34.2. The predicted molar refractivity (Wildman–Crippen MR) is 375 cm³/mol. The van der Waals surface area contributed by atoms with Crippen molar-refractivity contribution in [3.8, 4) is 5.75 Å². The summed E-state index contributed by atoms with van der Waals surface area (Å²) in [5.74, 6) is -16.8. The molecule has 1 aromatic carbocycles. The van der Waals surface area contributed by atoms with E-state index in [1.54, 1.807) is 41.5 Å². The van der Waals surface area contributed by atoms with Crippen molar-refractivity contribution in [1.29, 1.82) is 0 Å². The molecular formula is C65H112N20O17. The number of amides is 14. The van der Waals surface area contributed by atoms with Gasteiger partial charge in [0.05, 0.1) is 19.0 Å². The number of hydrogen-bond acceptors (Lipinski definition) is 20. The van der Waals surface area contributed by atoms with Crippen molar-refractivity contribution in [1.82, 2.24) is 58.5 Å². The minimum atomic E-state index is -1.81. The molecule has 0 aromatic heterocycles. The average Bonchev–Trinajstić information content (AvgIpc) is 0.854. The van der Waals surface area contributed by atoms with E-state index in [1.165, 1.54) is 38.1 Å². The minimum absolute atomic E-state index is 0.00349. The SMILES string of the molecule is CC[C@H](C)[C@H](NC(=O)[C@H](CCCCN)NC(=O)[C@H](CCCCN)NC(=O)CNC(=O)[C@H](CC(N)=O)NC(=O)[C@@H](NC(=O)[C@H](CCC(=O)O)NC(=O)[C@@H](NC(=O)[C@H](Cc1ccc(O)cc1)NC(=O)[C@@H](N)CCCN=C(N)N)C(C)C)C(C)C)C(=O)N[C@@H](CC(C)C)C(=O)N[C@@H](CCC(N)=O)C(N)=O. The fourth-order valence-corrected chi connectivity index (χ4v) is 10.2. The minimum Gasteiger partial charge on any atom is -0.508 e. The van der Waals surface area contributed by atoms with Gasteiger partial charge >= 0.3 is 5.97 Å². The number of phenolic OH excluding ortho intramolecular Hbond substituents is 1. The van der Waals surface area contributed by atoms with Crippen LogP contribution < -0.4 is 104 Å². The van der Waals surface area contributed by atoms with Gasteiger partial charge in [-0.1, -0.05) is 73.9 Å². The van der Waals surface area contributed by atoms with Crippen LogP contribution in [0.15, 0.2) is 29.3 Å². The molecule has 29 N–H and O–H groups in total. The molecule has 0 bridgehead atoms. The first-order valence-corrected chi connectivity index (χ1v) is 34.2. The zero-order chi connectivity index (χ0) is 77.5. The highest BCUT2D eigenvalue weighted by atomic mass is 16.4. The molecule has 0 fully saturated rings. The fourth-order valence-electron chi connectivity index (χ4n) is 10.2. The summed E-state index contributed by atoms with van der Waals surface area (Å²) in [4.78, 5) is 206. The van der Waals surface area contributed by atoms with E-state index in [0.29, 0.717) is 37.7 Å². The number of carboxylic acids is 1. The summed E-state index contributed by atoms with van der Waals surface area (Å²) in [6.45, 7) is 12.7. The van der Waals surface area contributed by atoms with E-state index >= 15 is 0 Å². The van der Waals surface area contributed by atoms with E-state index in [9.17, 15) is 82.1 Å². The number of primary amides is 3. The van der Waals surface area contributed by atoms with Crippen LogP contribution in [-0.2, 0) is 78.3 Å². The van der Waals surface area contributed by atoms with Gasteiger partial charge in [-0.3, -0.25) is 76.9 Å². The van der Waals surface area contributed by atoms with E-state index in [-0.39, 0.29) is 88.6 Å². The molecule has 12 atom stereocenters. The maximum Gasteiger partial charge on any atom is 0.303 e. The Morgan fingerprint density at radius 2 is 0.902 bits per heavy atom. The van der Waals surface area contributed by atoms with Gasteiger partial charge in [0.15, 0.2) is 5.96 Å². The van der Waals surface area contributed by atoms with Crippen LogP contribution >= 0.6 is 0 Å². The number of rotatable bonds is 51. The zero-order valence-electron chi connectivity index (χ0n) is 59.7. The topological polar surface area (TPSA) is 649 Å². The Hall–Kier alpha value is -9.78. The second-order valence-corrected chi connectivity index (χ2v) is 26.2. The lowest BCUT2D eigenvalue weighted by Gasteiger charge is -2.30. The number of phenols is 1. The van der Waals surface area contributed by atoms with Gasteiger partial charge in [0.25, 0.3) is 0 Å². The van der Waals surface area contributed by atoms with Gasteiger partial charge < -0.3 is 115 Å². The molecule has 0 aliphatic carbocycles. The van der Waals surface area contributed by atoms with Gasteiger partial charge in [0, 0.05) is 25.8 Å². The molecule has 1 rings (SSSR count).